The summed E-state index contributed by atoms with van der Waals surface area (Å²) in [5.41, 5.74) is -0.468. The molecule has 0 amide bonds. The minimum atomic E-state index is -0.726. The summed E-state index contributed by atoms with van der Waals surface area (Å²) in [7, 11) is 0. The quantitative estimate of drug-likeness (QED) is 0.542. The number of hydrogen-bond donors (Lipinski definition) is 3. The molecule has 2 aromatic rings. The predicted molar refractivity (Wildman–Crippen MR) is 47.5 cm³/mol. The van der Waals surface area contributed by atoms with E-state index in [2.05, 4.69) is 0 Å². The molecule has 5 nitrogen and oxygen atoms in total. The molecule has 0 saturated heterocycles. The van der Waals surface area contributed by atoms with Crippen LogP contribution in [0, 0.1) is 0 Å². The molecule has 2 rings (SSSR count). The fourth-order valence-electron chi connectivity index (χ4n) is 1.20. The van der Waals surface area contributed by atoms with Crippen molar-refractivity contribution >= 4 is 11.0 Å². The Morgan fingerprint density at radius 3 is 2.57 bits per heavy atom. The van der Waals surface area contributed by atoms with Crippen molar-refractivity contribution in [2.75, 3.05) is 0 Å². The van der Waals surface area contributed by atoms with E-state index in [1.807, 2.05) is 0 Å². The molecular weight excluding hydrogens is 188 g/mol. The van der Waals surface area contributed by atoms with Crippen molar-refractivity contribution in [1.82, 2.24) is 0 Å². The SMILES string of the molecule is O=c1ccoc2cc(O)c(O)c(O)c12. The first-order valence-corrected chi connectivity index (χ1v) is 3.76. The molecule has 5 heteroatoms. The fraction of sp³-hybridized carbons (Fsp3) is 0. The number of phenolic OH excluding ortho intramolecular Hbond substituents is 3. The lowest BCUT2D eigenvalue weighted by Crippen LogP contribution is -1.98. The van der Waals surface area contributed by atoms with E-state index in [1.54, 1.807) is 0 Å². The molecule has 1 aromatic carbocycles. The van der Waals surface area contributed by atoms with Gasteiger partial charge in [0, 0.05) is 12.1 Å². The van der Waals surface area contributed by atoms with Gasteiger partial charge in [-0.2, -0.15) is 0 Å². The predicted octanol–water partition coefficient (Wildman–Crippen LogP) is 0.910. The lowest BCUT2D eigenvalue weighted by molar-refractivity contribution is 0.370. The Kier molecular flexibility index (Phi) is 1.60. The Balaban J connectivity index is 3.07. The Bertz CT molecular complexity index is 555. The van der Waals surface area contributed by atoms with Gasteiger partial charge in [-0.1, -0.05) is 0 Å². The van der Waals surface area contributed by atoms with Gasteiger partial charge in [0.1, 0.15) is 11.0 Å². The minimum Gasteiger partial charge on any atom is -0.504 e. The minimum absolute atomic E-state index is 0.0188. The van der Waals surface area contributed by atoms with Gasteiger partial charge in [-0.3, -0.25) is 4.79 Å². The van der Waals surface area contributed by atoms with Crippen LogP contribution < -0.4 is 5.43 Å². The number of hydrogen-bond acceptors (Lipinski definition) is 5. The molecule has 14 heavy (non-hydrogen) atoms. The maximum absolute atomic E-state index is 11.3. The number of fused-ring (bicyclic) bond motifs is 1. The molecule has 3 N–H and O–H groups in total. The molecular formula is C9H6O5. The third-order valence-electron chi connectivity index (χ3n) is 1.88. The maximum atomic E-state index is 11.3. The summed E-state index contributed by atoms with van der Waals surface area (Å²) in [4.78, 5) is 11.3. The van der Waals surface area contributed by atoms with Crippen molar-refractivity contribution in [2.24, 2.45) is 0 Å². The monoisotopic (exact) mass is 194 g/mol. The normalized spacial score (nSPS) is 10.6. The second-order valence-electron chi connectivity index (χ2n) is 2.75. The van der Waals surface area contributed by atoms with E-state index in [-0.39, 0.29) is 11.0 Å². The molecule has 1 aromatic heterocycles. The number of aromatic hydroxyl groups is 3. The summed E-state index contributed by atoms with van der Waals surface area (Å²) < 4.78 is 4.88. The zero-order valence-electron chi connectivity index (χ0n) is 6.89. The van der Waals surface area contributed by atoms with Crippen LogP contribution in [-0.4, -0.2) is 15.3 Å². The summed E-state index contributed by atoms with van der Waals surface area (Å²) in [5, 5.41) is 27.5. The standard InChI is InChI=1S/C9H6O5/c10-4-1-2-14-6-3-5(11)8(12)9(13)7(4)6/h1-3,11-13H. The van der Waals surface area contributed by atoms with Crippen molar-refractivity contribution in [2.45, 2.75) is 0 Å². The molecule has 0 fully saturated rings. The van der Waals surface area contributed by atoms with Crippen molar-refractivity contribution in [1.29, 1.82) is 0 Å². The van der Waals surface area contributed by atoms with Crippen LogP contribution in [0.15, 0.2) is 27.6 Å². The van der Waals surface area contributed by atoms with Gasteiger partial charge in [0.25, 0.3) is 0 Å². The van der Waals surface area contributed by atoms with Gasteiger partial charge >= 0.3 is 0 Å². The maximum Gasteiger partial charge on any atom is 0.201 e. The second-order valence-corrected chi connectivity index (χ2v) is 2.75. The van der Waals surface area contributed by atoms with Gasteiger partial charge in [0.2, 0.25) is 5.75 Å². The van der Waals surface area contributed by atoms with Crippen LogP contribution in [0.25, 0.3) is 11.0 Å². The molecule has 0 radical (unpaired) electrons. The van der Waals surface area contributed by atoms with E-state index in [1.165, 1.54) is 0 Å². The number of phenols is 3. The van der Waals surface area contributed by atoms with E-state index in [0.29, 0.717) is 0 Å². The topological polar surface area (TPSA) is 90.9 Å². The van der Waals surface area contributed by atoms with E-state index in [4.69, 9.17) is 14.6 Å². The molecule has 0 saturated carbocycles. The van der Waals surface area contributed by atoms with E-state index >= 15 is 0 Å². The van der Waals surface area contributed by atoms with Gasteiger partial charge in [-0.15, -0.1) is 0 Å². The summed E-state index contributed by atoms with van der Waals surface area (Å²) in [6.07, 6.45) is 1.14. The van der Waals surface area contributed by atoms with Gasteiger partial charge in [-0.05, 0) is 0 Å². The van der Waals surface area contributed by atoms with E-state index in [0.717, 1.165) is 18.4 Å². The van der Waals surface area contributed by atoms with Crippen LogP contribution >= 0.6 is 0 Å². The molecule has 1 heterocycles. The molecule has 0 aliphatic rings. The molecule has 0 aliphatic heterocycles. The summed E-state index contributed by atoms with van der Waals surface area (Å²) in [5.74, 6) is -1.94. The van der Waals surface area contributed by atoms with Gasteiger partial charge in [0.05, 0.1) is 6.26 Å². The highest BCUT2D eigenvalue weighted by molar-refractivity contribution is 5.87. The Morgan fingerprint density at radius 1 is 1.14 bits per heavy atom. The van der Waals surface area contributed by atoms with Crippen molar-refractivity contribution in [3.05, 3.63) is 28.6 Å². The van der Waals surface area contributed by atoms with Gasteiger partial charge in [-0.25, -0.2) is 0 Å². The van der Waals surface area contributed by atoms with Crippen LogP contribution in [0.1, 0.15) is 0 Å². The number of benzene rings is 1. The molecule has 0 bridgehead atoms. The van der Waals surface area contributed by atoms with Gasteiger partial charge < -0.3 is 19.7 Å². The molecule has 72 valence electrons. The molecule has 0 atom stereocenters. The zero-order chi connectivity index (χ0) is 10.3. The van der Waals surface area contributed by atoms with E-state index < -0.39 is 22.7 Å². The zero-order valence-corrected chi connectivity index (χ0v) is 6.89. The average molecular weight is 194 g/mol. The first kappa shape index (κ1) is 8.43. The van der Waals surface area contributed by atoms with Crippen molar-refractivity contribution in [3.8, 4) is 17.2 Å². The van der Waals surface area contributed by atoms with E-state index in [9.17, 15) is 9.90 Å². The van der Waals surface area contributed by atoms with Crippen LogP contribution in [0.5, 0.6) is 17.2 Å². The Morgan fingerprint density at radius 2 is 1.86 bits per heavy atom. The first-order valence-electron chi connectivity index (χ1n) is 3.76. The largest absolute Gasteiger partial charge is 0.504 e. The van der Waals surface area contributed by atoms with Gasteiger partial charge in [0.15, 0.2) is 16.9 Å². The Hall–Kier alpha value is -2.17. The third-order valence-corrected chi connectivity index (χ3v) is 1.88. The highest BCUT2D eigenvalue weighted by atomic mass is 16.3. The Labute approximate surface area is 77.5 Å². The second kappa shape index (κ2) is 2.66. The average Bonchev–Trinajstić information content (AvgIpc) is 2.14. The summed E-state index contributed by atoms with van der Waals surface area (Å²) in [6.45, 7) is 0. The lowest BCUT2D eigenvalue weighted by atomic mass is 10.2. The fourth-order valence-corrected chi connectivity index (χ4v) is 1.20. The van der Waals surface area contributed by atoms with Crippen molar-refractivity contribution in [3.63, 3.8) is 0 Å². The third kappa shape index (κ3) is 0.990. The number of rotatable bonds is 0. The summed E-state index contributed by atoms with van der Waals surface area (Å²) in [6, 6.07) is 2.17. The lowest BCUT2D eigenvalue weighted by Gasteiger charge is -2.03. The highest BCUT2D eigenvalue weighted by Gasteiger charge is 2.14. The molecule has 0 spiro atoms. The highest BCUT2D eigenvalue weighted by Crippen LogP contribution is 2.39. The van der Waals surface area contributed by atoms with Crippen LogP contribution in [0.2, 0.25) is 0 Å². The summed E-state index contributed by atoms with van der Waals surface area (Å²) >= 11 is 0. The molecule has 0 unspecified atom stereocenters. The van der Waals surface area contributed by atoms with Crippen molar-refractivity contribution < 1.29 is 19.7 Å². The van der Waals surface area contributed by atoms with Crippen LogP contribution in [-0.2, 0) is 0 Å². The van der Waals surface area contributed by atoms with Crippen LogP contribution in [0.4, 0.5) is 0 Å². The van der Waals surface area contributed by atoms with Crippen LogP contribution in [0.3, 0.4) is 0 Å². The smallest absolute Gasteiger partial charge is 0.201 e. The first-order chi connectivity index (χ1) is 6.61. The molecule has 0 aliphatic carbocycles.